The van der Waals surface area contributed by atoms with Crippen molar-refractivity contribution in [2.45, 2.75) is 44.2 Å². The Morgan fingerprint density at radius 3 is 2.52 bits per heavy atom. The molecule has 1 aliphatic rings. The molecule has 3 aromatic rings. The maximum Gasteiger partial charge on any atom is 0.248 e. The average Bonchev–Trinajstić information content (AvgIpc) is 3.52. The lowest BCUT2D eigenvalue weighted by Gasteiger charge is -2.32. The van der Waals surface area contributed by atoms with Crippen molar-refractivity contribution < 1.29 is 14.3 Å². The van der Waals surface area contributed by atoms with E-state index in [1.807, 2.05) is 47.8 Å². The molecule has 0 aliphatic heterocycles. The molecular formula is C26H27ClN2O3S. The number of methoxy groups -OCH3 is 1. The summed E-state index contributed by atoms with van der Waals surface area (Å²) < 4.78 is 5.30. The van der Waals surface area contributed by atoms with Crippen molar-refractivity contribution in [3.05, 3.63) is 81.5 Å². The first-order chi connectivity index (χ1) is 16.0. The Morgan fingerprint density at radius 1 is 1.12 bits per heavy atom. The molecule has 1 aliphatic carbocycles. The summed E-state index contributed by atoms with van der Waals surface area (Å²) in [6, 6.07) is 17.6. The van der Waals surface area contributed by atoms with Gasteiger partial charge in [-0.3, -0.25) is 14.5 Å². The van der Waals surface area contributed by atoms with Gasteiger partial charge in [0.25, 0.3) is 0 Å². The first kappa shape index (κ1) is 23.3. The average molecular weight is 483 g/mol. The van der Waals surface area contributed by atoms with Gasteiger partial charge in [0.2, 0.25) is 11.8 Å². The van der Waals surface area contributed by atoms with Gasteiger partial charge in [0.15, 0.2) is 0 Å². The van der Waals surface area contributed by atoms with Gasteiger partial charge >= 0.3 is 0 Å². The van der Waals surface area contributed by atoms with Crippen LogP contribution in [-0.2, 0) is 16.0 Å². The van der Waals surface area contributed by atoms with E-state index in [4.69, 9.17) is 16.3 Å². The maximum atomic E-state index is 13.7. The van der Waals surface area contributed by atoms with Crippen LogP contribution >= 0.6 is 22.9 Å². The van der Waals surface area contributed by atoms with Crippen molar-refractivity contribution in [2.75, 3.05) is 12.0 Å². The highest BCUT2D eigenvalue weighted by Gasteiger charge is 2.34. The van der Waals surface area contributed by atoms with Crippen LogP contribution < -0.4 is 15.0 Å². The zero-order valence-corrected chi connectivity index (χ0v) is 20.1. The van der Waals surface area contributed by atoms with Gasteiger partial charge in [0.05, 0.1) is 13.5 Å². The van der Waals surface area contributed by atoms with Gasteiger partial charge in [-0.15, -0.1) is 11.3 Å². The number of ether oxygens (including phenoxy) is 1. The molecule has 1 saturated carbocycles. The number of nitrogens with zero attached hydrogens (tertiary/aromatic N) is 1. The third kappa shape index (κ3) is 5.75. The molecule has 0 saturated heterocycles. The second-order valence-electron chi connectivity index (χ2n) is 8.17. The number of nitrogens with one attached hydrogen (secondary N) is 1. The van der Waals surface area contributed by atoms with Gasteiger partial charge in [0, 0.05) is 21.6 Å². The van der Waals surface area contributed by atoms with Crippen molar-refractivity contribution >= 4 is 40.4 Å². The van der Waals surface area contributed by atoms with Crippen molar-refractivity contribution in [2.24, 2.45) is 0 Å². The van der Waals surface area contributed by atoms with E-state index >= 15 is 0 Å². The number of amides is 2. The summed E-state index contributed by atoms with van der Waals surface area (Å²) in [5.74, 6) is 0.335. The van der Waals surface area contributed by atoms with Gasteiger partial charge in [-0.05, 0) is 60.2 Å². The summed E-state index contributed by atoms with van der Waals surface area (Å²) in [4.78, 5) is 29.9. The van der Waals surface area contributed by atoms with Crippen molar-refractivity contribution in [3.8, 4) is 5.75 Å². The molecule has 0 spiro atoms. The molecule has 1 fully saturated rings. The standard InChI is InChI=1S/C26H27ClN2O3S/c1-32-22-13-11-18(12-14-22)25(26(31)28-20-7-2-3-8-20)29(21-9-4-6-19(27)16-21)24(30)17-23-10-5-15-33-23/h4-6,9-16,20,25H,2-3,7-8,17H2,1H3,(H,28,31)/t25-/m1/s1. The number of rotatable bonds is 8. The fourth-order valence-electron chi connectivity index (χ4n) is 4.26. The first-order valence-corrected chi connectivity index (χ1v) is 12.4. The summed E-state index contributed by atoms with van der Waals surface area (Å²) in [6.07, 6.45) is 4.33. The number of anilines is 1. The SMILES string of the molecule is COc1ccc([C@H](C(=O)NC2CCCC2)N(C(=O)Cc2cccs2)c2cccc(Cl)c2)cc1. The molecule has 1 atom stereocenters. The molecule has 1 heterocycles. The van der Waals surface area contributed by atoms with E-state index < -0.39 is 6.04 Å². The Hall–Kier alpha value is -2.83. The minimum Gasteiger partial charge on any atom is -0.497 e. The molecule has 5 nitrogen and oxygen atoms in total. The third-order valence-corrected chi connectivity index (χ3v) is 7.01. The Labute approximate surface area is 203 Å². The summed E-state index contributed by atoms with van der Waals surface area (Å²) in [6.45, 7) is 0. The molecule has 33 heavy (non-hydrogen) atoms. The Balaban J connectivity index is 1.76. The zero-order chi connectivity index (χ0) is 23.2. The van der Waals surface area contributed by atoms with Crippen LogP contribution in [0.15, 0.2) is 66.0 Å². The van der Waals surface area contributed by atoms with Gasteiger partial charge in [-0.25, -0.2) is 0 Å². The lowest BCUT2D eigenvalue weighted by atomic mass is 10.0. The van der Waals surface area contributed by atoms with Crippen LogP contribution in [0, 0.1) is 0 Å². The Morgan fingerprint density at radius 2 is 1.88 bits per heavy atom. The molecule has 172 valence electrons. The minimum absolute atomic E-state index is 0.131. The van der Waals surface area contributed by atoms with Gasteiger partial charge in [0.1, 0.15) is 11.8 Å². The minimum atomic E-state index is -0.831. The predicted molar refractivity (Wildman–Crippen MR) is 133 cm³/mol. The maximum absolute atomic E-state index is 13.7. The number of hydrogen-bond donors (Lipinski definition) is 1. The molecule has 0 unspecified atom stereocenters. The topological polar surface area (TPSA) is 58.6 Å². The molecule has 2 amide bonds. The summed E-state index contributed by atoms with van der Waals surface area (Å²) in [5.41, 5.74) is 1.30. The van der Waals surface area contributed by atoms with Crippen LogP contribution in [0.1, 0.15) is 42.2 Å². The lowest BCUT2D eigenvalue weighted by molar-refractivity contribution is -0.127. The highest BCUT2D eigenvalue weighted by molar-refractivity contribution is 7.10. The molecule has 0 radical (unpaired) electrons. The van der Waals surface area contributed by atoms with Crippen LogP contribution in [0.4, 0.5) is 5.69 Å². The van der Waals surface area contributed by atoms with E-state index in [1.54, 1.807) is 30.2 Å². The van der Waals surface area contributed by atoms with Crippen LogP contribution in [0.25, 0.3) is 0 Å². The first-order valence-electron chi connectivity index (χ1n) is 11.1. The number of thiophene rings is 1. The lowest BCUT2D eigenvalue weighted by Crippen LogP contribution is -2.46. The van der Waals surface area contributed by atoms with Crippen molar-refractivity contribution in [3.63, 3.8) is 0 Å². The molecular weight excluding hydrogens is 456 g/mol. The molecule has 7 heteroatoms. The van der Waals surface area contributed by atoms with Crippen molar-refractivity contribution in [1.29, 1.82) is 0 Å². The third-order valence-electron chi connectivity index (χ3n) is 5.90. The summed E-state index contributed by atoms with van der Waals surface area (Å²) >= 11 is 7.81. The Kier molecular flexibility index (Phi) is 7.68. The second-order valence-corrected chi connectivity index (χ2v) is 9.63. The van der Waals surface area contributed by atoms with E-state index in [-0.39, 0.29) is 24.3 Å². The number of carbonyl (C=O) groups is 2. The van der Waals surface area contributed by atoms with Crippen LogP contribution in [0.5, 0.6) is 5.75 Å². The zero-order valence-electron chi connectivity index (χ0n) is 18.5. The monoisotopic (exact) mass is 482 g/mol. The Bertz CT molecular complexity index is 1080. The van der Waals surface area contributed by atoms with Crippen LogP contribution in [-0.4, -0.2) is 25.0 Å². The predicted octanol–water partition coefficient (Wildman–Crippen LogP) is 5.79. The van der Waals surface area contributed by atoms with E-state index in [0.29, 0.717) is 22.0 Å². The fourth-order valence-corrected chi connectivity index (χ4v) is 5.14. The number of carbonyl (C=O) groups excluding carboxylic acids is 2. The van der Waals surface area contributed by atoms with Crippen molar-refractivity contribution in [1.82, 2.24) is 5.32 Å². The summed E-state index contributed by atoms with van der Waals surface area (Å²) in [7, 11) is 1.60. The van der Waals surface area contributed by atoms with E-state index in [1.165, 1.54) is 11.3 Å². The molecule has 2 aromatic carbocycles. The molecule has 4 rings (SSSR count). The van der Waals surface area contributed by atoms with Crippen LogP contribution in [0.3, 0.4) is 0 Å². The van der Waals surface area contributed by atoms with Gasteiger partial charge < -0.3 is 10.1 Å². The summed E-state index contributed by atoms with van der Waals surface area (Å²) in [5, 5.41) is 5.64. The van der Waals surface area contributed by atoms with Crippen LogP contribution in [0.2, 0.25) is 5.02 Å². The van der Waals surface area contributed by atoms with Gasteiger partial charge in [-0.1, -0.05) is 48.7 Å². The molecule has 0 bridgehead atoms. The van der Waals surface area contributed by atoms with E-state index in [0.717, 1.165) is 30.6 Å². The molecule has 1 N–H and O–H groups in total. The highest BCUT2D eigenvalue weighted by Crippen LogP contribution is 2.32. The second kappa shape index (κ2) is 10.9. The number of hydrogen-bond acceptors (Lipinski definition) is 4. The highest BCUT2D eigenvalue weighted by atomic mass is 35.5. The largest absolute Gasteiger partial charge is 0.497 e. The number of halogens is 1. The number of benzene rings is 2. The quantitative estimate of drug-likeness (QED) is 0.442. The van der Waals surface area contributed by atoms with E-state index in [9.17, 15) is 9.59 Å². The smallest absolute Gasteiger partial charge is 0.248 e. The van der Waals surface area contributed by atoms with E-state index in [2.05, 4.69) is 5.32 Å². The normalized spacial score (nSPS) is 14.6. The fraction of sp³-hybridized carbons (Fsp3) is 0.308. The van der Waals surface area contributed by atoms with Gasteiger partial charge in [-0.2, -0.15) is 0 Å². The molecule has 1 aromatic heterocycles.